The topological polar surface area (TPSA) is 98.5 Å². The zero-order chi connectivity index (χ0) is 16.8. The summed E-state index contributed by atoms with van der Waals surface area (Å²) in [5, 5.41) is 8.45. The van der Waals surface area contributed by atoms with Crippen molar-refractivity contribution in [2.24, 2.45) is 5.73 Å². The number of amides is 2. The summed E-state index contributed by atoms with van der Waals surface area (Å²) < 4.78 is 5.10. The van der Waals surface area contributed by atoms with Crippen molar-refractivity contribution in [3.8, 4) is 0 Å². The van der Waals surface area contributed by atoms with E-state index in [1.165, 1.54) is 24.3 Å². The molecule has 0 saturated heterocycles. The fraction of sp³-hybridized carbons (Fsp3) is 0.267. The number of primary amides is 1. The van der Waals surface area contributed by atoms with Gasteiger partial charge < -0.3 is 15.8 Å². The molecule has 2 aromatic rings. The van der Waals surface area contributed by atoms with E-state index < -0.39 is 23.9 Å². The molecule has 0 aromatic carbocycles. The molecule has 0 aliphatic rings. The maximum absolute atomic E-state index is 12.0. The van der Waals surface area contributed by atoms with E-state index in [-0.39, 0.29) is 12.0 Å². The average Bonchev–Trinajstić information content (AvgIpc) is 3.16. The Morgan fingerprint density at radius 2 is 2.09 bits per heavy atom. The Morgan fingerprint density at radius 1 is 1.30 bits per heavy atom. The van der Waals surface area contributed by atoms with Crippen LogP contribution < -0.4 is 11.1 Å². The van der Waals surface area contributed by atoms with Crippen molar-refractivity contribution in [2.45, 2.75) is 25.9 Å². The molecule has 2 amide bonds. The molecule has 0 fully saturated rings. The summed E-state index contributed by atoms with van der Waals surface area (Å²) >= 11 is 2.74. The standard InChI is InChI=1S/C15H16N2O4S2/c1-9(21-12(18)3-2-10-4-6-22-8-10)14(20)17-15-11(13(16)19)5-7-23-15/h4-9H,2-3H2,1H3,(H2,16,19)(H,17,20)/t9-/m0/s1. The number of aryl methyl sites for hydroxylation is 1. The van der Waals surface area contributed by atoms with E-state index in [9.17, 15) is 14.4 Å². The number of carbonyl (C=O) groups is 3. The number of carbonyl (C=O) groups excluding carboxylic acids is 3. The lowest BCUT2D eigenvalue weighted by atomic mass is 10.2. The largest absolute Gasteiger partial charge is 0.453 e. The van der Waals surface area contributed by atoms with Crippen LogP contribution in [-0.4, -0.2) is 23.9 Å². The van der Waals surface area contributed by atoms with Crippen LogP contribution in [0.3, 0.4) is 0 Å². The van der Waals surface area contributed by atoms with Gasteiger partial charge in [-0.15, -0.1) is 11.3 Å². The van der Waals surface area contributed by atoms with Crippen LogP contribution in [0.2, 0.25) is 0 Å². The first-order valence-electron chi connectivity index (χ1n) is 6.86. The molecule has 2 rings (SSSR count). The van der Waals surface area contributed by atoms with Crippen LogP contribution in [0.1, 0.15) is 29.3 Å². The van der Waals surface area contributed by atoms with Crippen molar-refractivity contribution in [3.05, 3.63) is 39.4 Å². The highest BCUT2D eigenvalue weighted by atomic mass is 32.1. The first kappa shape index (κ1) is 17.2. The molecule has 23 heavy (non-hydrogen) atoms. The van der Waals surface area contributed by atoms with Crippen LogP contribution in [0.5, 0.6) is 0 Å². The number of anilines is 1. The summed E-state index contributed by atoms with van der Waals surface area (Å²) in [7, 11) is 0. The molecule has 122 valence electrons. The van der Waals surface area contributed by atoms with E-state index in [4.69, 9.17) is 10.5 Å². The van der Waals surface area contributed by atoms with Crippen molar-refractivity contribution < 1.29 is 19.1 Å². The molecule has 2 aromatic heterocycles. The van der Waals surface area contributed by atoms with Gasteiger partial charge in [0.05, 0.1) is 5.56 Å². The smallest absolute Gasteiger partial charge is 0.306 e. The highest BCUT2D eigenvalue weighted by Crippen LogP contribution is 2.23. The molecule has 0 saturated carbocycles. The summed E-state index contributed by atoms with van der Waals surface area (Å²) in [5.74, 6) is -1.57. The fourth-order valence-electron chi connectivity index (χ4n) is 1.80. The normalized spacial score (nSPS) is 11.7. The number of rotatable bonds is 7. The van der Waals surface area contributed by atoms with Gasteiger partial charge in [0.2, 0.25) is 0 Å². The van der Waals surface area contributed by atoms with Gasteiger partial charge in [-0.25, -0.2) is 0 Å². The van der Waals surface area contributed by atoms with Crippen LogP contribution in [0.15, 0.2) is 28.3 Å². The summed E-state index contributed by atoms with van der Waals surface area (Å²) in [6.07, 6.45) is -0.166. The van der Waals surface area contributed by atoms with Crippen LogP contribution in [0.25, 0.3) is 0 Å². The Hall–Kier alpha value is -2.19. The van der Waals surface area contributed by atoms with Gasteiger partial charge in [-0.05, 0) is 47.2 Å². The molecule has 0 spiro atoms. The Labute approximate surface area is 141 Å². The van der Waals surface area contributed by atoms with Gasteiger partial charge >= 0.3 is 5.97 Å². The van der Waals surface area contributed by atoms with Gasteiger partial charge in [-0.3, -0.25) is 14.4 Å². The lowest BCUT2D eigenvalue weighted by molar-refractivity contribution is -0.153. The van der Waals surface area contributed by atoms with Gasteiger partial charge in [0.25, 0.3) is 11.8 Å². The predicted molar refractivity (Wildman–Crippen MR) is 89.7 cm³/mol. The maximum Gasteiger partial charge on any atom is 0.306 e. The SMILES string of the molecule is C[C@H](OC(=O)CCc1ccsc1)C(=O)Nc1sccc1C(N)=O. The van der Waals surface area contributed by atoms with Crippen molar-refractivity contribution in [1.29, 1.82) is 0 Å². The molecule has 0 radical (unpaired) electrons. The number of nitrogens with two attached hydrogens (primary N) is 1. The van der Waals surface area contributed by atoms with Crippen molar-refractivity contribution >= 4 is 45.5 Å². The predicted octanol–water partition coefficient (Wildman–Crippen LogP) is 2.41. The zero-order valence-electron chi connectivity index (χ0n) is 12.4. The lowest BCUT2D eigenvalue weighted by Crippen LogP contribution is -2.30. The Morgan fingerprint density at radius 3 is 2.74 bits per heavy atom. The minimum absolute atomic E-state index is 0.208. The average molecular weight is 352 g/mol. The second kappa shape index (κ2) is 7.89. The molecule has 0 unspecified atom stereocenters. The molecule has 1 atom stereocenters. The maximum atomic E-state index is 12.0. The molecular weight excluding hydrogens is 336 g/mol. The van der Waals surface area contributed by atoms with Gasteiger partial charge in [-0.1, -0.05) is 0 Å². The number of ether oxygens (including phenoxy) is 1. The molecular formula is C15H16N2O4S2. The van der Waals surface area contributed by atoms with Gasteiger partial charge in [0.1, 0.15) is 5.00 Å². The highest BCUT2D eigenvalue weighted by Gasteiger charge is 2.20. The molecule has 0 aliphatic heterocycles. The molecule has 0 aliphatic carbocycles. The third-order valence-corrected chi connectivity index (χ3v) is 4.60. The van der Waals surface area contributed by atoms with Gasteiger partial charge in [0.15, 0.2) is 6.10 Å². The summed E-state index contributed by atoms with van der Waals surface area (Å²) in [6, 6.07) is 3.47. The molecule has 8 heteroatoms. The summed E-state index contributed by atoms with van der Waals surface area (Å²) in [5.41, 5.74) is 6.51. The van der Waals surface area contributed by atoms with Crippen LogP contribution >= 0.6 is 22.7 Å². The molecule has 3 N–H and O–H groups in total. The monoisotopic (exact) mass is 352 g/mol. The van der Waals surface area contributed by atoms with Gasteiger partial charge in [0, 0.05) is 6.42 Å². The fourth-order valence-corrected chi connectivity index (χ4v) is 3.30. The number of hydrogen-bond donors (Lipinski definition) is 2. The lowest BCUT2D eigenvalue weighted by Gasteiger charge is -2.13. The second-order valence-electron chi connectivity index (χ2n) is 4.78. The third kappa shape index (κ3) is 4.90. The molecule has 6 nitrogen and oxygen atoms in total. The third-order valence-electron chi connectivity index (χ3n) is 3.04. The number of nitrogens with one attached hydrogen (secondary N) is 1. The molecule has 0 bridgehead atoms. The van der Waals surface area contributed by atoms with E-state index in [1.54, 1.807) is 16.7 Å². The number of hydrogen-bond acceptors (Lipinski definition) is 6. The zero-order valence-corrected chi connectivity index (χ0v) is 14.0. The Bertz CT molecular complexity index is 694. The van der Waals surface area contributed by atoms with E-state index in [2.05, 4.69) is 5.32 Å². The minimum atomic E-state index is -0.951. The van der Waals surface area contributed by atoms with E-state index in [0.29, 0.717) is 11.4 Å². The summed E-state index contributed by atoms with van der Waals surface area (Å²) in [4.78, 5) is 35.0. The van der Waals surface area contributed by atoms with E-state index in [0.717, 1.165) is 5.56 Å². The Kier molecular flexibility index (Phi) is 5.89. The summed E-state index contributed by atoms with van der Waals surface area (Å²) in [6.45, 7) is 1.48. The van der Waals surface area contributed by atoms with Crippen molar-refractivity contribution in [1.82, 2.24) is 0 Å². The molecule has 2 heterocycles. The first-order valence-corrected chi connectivity index (χ1v) is 8.68. The number of esters is 1. The second-order valence-corrected chi connectivity index (χ2v) is 6.48. The van der Waals surface area contributed by atoms with E-state index in [1.807, 2.05) is 16.8 Å². The quantitative estimate of drug-likeness (QED) is 0.748. The minimum Gasteiger partial charge on any atom is -0.453 e. The first-order chi connectivity index (χ1) is 11.0. The van der Waals surface area contributed by atoms with Crippen molar-refractivity contribution in [3.63, 3.8) is 0 Å². The Balaban J connectivity index is 1.83. The van der Waals surface area contributed by atoms with Gasteiger partial charge in [-0.2, -0.15) is 11.3 Å². The van der Waals surface area contributed by atoms with E-state index >= 15 is 0 Å². The highest BCUT2D eigenvalue weighted by molar-refractivity contribution is 7.14. The van der Waals surface area contributed by atoms with Crippen LogP contribution in [0, 0.1) is 0 Å². The van der Waals surface area contributed by atoms with Crippen LogP contribution in [0.4, 0.5) is 5.00 Å². The van der Waals surface area contributed by atoms with Crippen LogP contribution in [-0.2, 0) is 20.7 Å². The number of thiophene rings is 2. The van der Waals surface area contributed by atoms with Crippen molar-refractivity contribution in [2.75, 3.05) is 5.32 Å².